The summed E-state index contributed by atoms with van der Waals surface area (Å²) in [5, 5.41) is 3.52. The van der Waals surface area contributed by atoms with Crippen LogP contribution in [0.2, 0.25) is 0 Å². The summed E-state index contributed by atoms with van der Waals surface area (Å²) >= 11 is 0. The average Bonchev–Trinajstić information content (AvgIpc) is 3.07. The third kappa shape index (κ3) is 2.79. The van der Waals surface area contributed by atoms with E-state index in [2.05, 4.69) is 48.4 Å². The summed E-state index contributed by atoms with van der Waals surface area (Å²) in [7, 11) is 0. The number of pyridine rings is 1. The minimum atomic E-state index is 0.351. The summed E-state index contributed by atoms with van der Waals surface area (Å²) in [6, 6.07) is 12.8. The molecule has 2 atom stereocenters. The van der Waals surface area contributed by atoms with Crippen LogP contribution in [0.5, 0.6) is 0 Å². The molecule has 1 heterocycles. The zero-order valence-electron chi connectivity index (χ0n) is 12.7. The van der Waals surface area contributed by atoms with E-state index >= 15 is 0 Å². The Bertz CT molecular complexity index is 590. The zero-order chi connectivity index (χ0) is 14.9. The summed E-state index contributed by atoms with van der Waals surface area (Å²) in [6.07, 6.45) is 3.65. The predicted molar refractivity (Wildman–Crippen MR) is 87.1 cm³/mol. The van der Waals surface area contributed by atoms with Crippen LogP contribution in [0.15, 0.2) is 48.8 Å². The van der Waals surface area contributed by atoms with Crippen molar-refractivity contribution < 1.29 is 0 Å². The molecule has 110 valence electrons. The second-order valence-electron chi connectivity index (χ2n) is 6.47. The predicted octanol–water partition coefficient (Wildman–Crippen LogP) is 3.39. The summed E-state index contributed by atoms with van der Waals surface area (Å²) in [5.41, 5.74) is 9.79. The van der Waals surface area contributed by atoms with Crippen molar-refractivity contribution in [3.05, 3.63) is 59.9 Å². The number of hydrogen-bond acceptors (Lipinski definition) is 3. The van der Waals surface area contributed by atoms with E-state index in [9.17, 15) is 0 Å². The van der Waals surface area contributed by atoms with Gasteiger partial charge in [0.05, 0.1) is 0 Å². The van der Waals surface area contributed by atoms with Crippen molar-refractivity contribution in [2.45, 2.75) is 26.3 Å². The molecule has 1 aliphatic carbocycles. The third-order valence-corrected chi connectivity index (χ3v) is 4.83. The lowest BCUT2D eigenvalue weighted by atomic mass is 10.0. The number of anilines is 1. The van der Waals surface area contributed by atoms with Crippen LogP contribution in [-0.2, 0) is 6.54 Å². The number of benzene rings is 1. The maximum atomic E-state index is 5.67. The van der Waals surface area contributed by atoms with Crippen LogP contribution in [0.25, 0.3) is 0 Å². The first-order chi connectivity index (χ1) is 10.1. The van der Waals surface area contributed by atoms with Gasteiger partial charge in [-0.2, -0.15) is 0 Å². The van der Waals surface area contributed by atoms with Crippen LogP contribution in [-0.4, -0.2) is 11.5 Å². The first kappa shape index (κ1) is 14.1. The molecule has 1 aromatic carbocycles. The lowest BCUT2D eigenvalue weighted by Gasteiger charge is -2.06. The SMILES string of the molecule is CC1(C)C(CNc2ccncc2)C1c1ccc(CN)cc1. The van der Waals surface area contributed by atoms with E-state index < -0.39 is 0 Å². The zero-order valence-corrected chi connectivity index (χ0v) is 12.7. The first-order valence-corrected chi connectivity index (χ1v) is 7.55. The Balaban J connectivity index is 1.66. The fraction of sp³-hybridized carbons (Fsp3) is 0.389. The van der Waals surface area contributed by atoms with Crippen LogP contribution < -0.4 is 11.1 Å². The van der Waals surface area contributed by atoms with Crippen LogP contribution in [0.4, 0.5) is 5.69 Å². The van der Waals surface area contributed by atoms with Crippen LogP contribution in [0.3, 0.4) is 0 Å². The summed E-state index contributed by atoms with van der Waals surface area (Å²) in [4.78, 5) is 4.05. The fourth-order valence-electron chi connectivity index (χ4n) is 3.35. The molecular weight excluding hydrogens is 258 g/mol. The van der Waals surface area contributed by atoms with Gasteiger partial charge >= 0.3 is 0 Å². The monoisotopic (exact) mass is 281 g/mol. The number of hydrogen-bond donors (Lipinski definition) is 2. The van der Waals surface area contributed by atoms with Gasteiger partial charge in [0.2, 0.25) is 0 Å². The Morgan fingerprint density at radius 2 is 1.76 bits per heavy atom. The standard InChI is InChI=1S/C18H23N3/c1-18(2)16(12-21-15-7-9-20-10-8-15)17(18)14-5-3-13(11-19)4-6-14/h3-10,16-17H,11-12,19H2,1-2H3,(H,20,21). The van der Waals surface area contributed by atoms with E-state index in [1.165, 1.54) is 11.1 Å². The second kappa shape index (κ2) is 5.49. The number of nitrogens with zero attached hydrogens (tertiary/aromatic N) is 1. The summed E-state index contributed by atoms with van der Waals surface area (Å²) < 4.78 is 0. The van der Waals surface area contributed by atoms with Gasteiger partial charge in [-0.05, 0) is 40.5 Å². The molecule has 21 heavy (non-hydrogen) atoms. The van der Waals surface area contributed by atoms with Gasteiger partial charge in [-0.3, -0.25) is 4.98 Å². The summed E-state index contributed by atoms with van der Waals surface area (Å²) in [5.74, 6) is 1.29. The highest BCUT2D eigenvalue weighted by molar-refractivity contribution is 5.42. The quantitative estimate of drug-likeness (QED) is 0.883. The highest BCUT2D eigenvalue weighted by atomic mass is 14.9. The highest BCUT2D eigenvalue weighted by Gasteiger charge is 2.57. The Hall–Kier alpha value is -1.87. The molecule has 1 fully saturated rings. The molecule has 0 amide bonds. The molecule has 2 unspecified atom stereocenters. The Morgan fingerprint density at radius 3 is 2.38 bits per heavy atom. The van der Waals surface area contributed by atoms with Crippen molar-refractivity contribution in [2.24, 2.45) is 17.1 Å². The van der Waals surface area contributed by atoms with E-state index in [1.807, 2.05) is 24.5 Å². The largest absolute Gasteiger partial charge is 0.385 e. The molecular formula is C18H23N3. The minimum Gasteiger partial charge on any atom is -0.385 e. The topological polar surface area (TPSA) is 50.9 Å². The third-order valence-electron chi connectivity index (χ3n) is 4.83. The van der Waals surface area contributed by atoms with E-state index in [0.29, 0.717) is 23.8 Å². The van der Waals surface area contributed by atoms with Gasteiger partial charge in [-0.25, -0.2) is 0 Å². The van der Waals surface area contributed by atoms with Crippen molar-refractivity contribution in [1.29, 1.82) is 0 Å². The maximum Gasteiger partial charge on any atom is 0.0371 e. The van der Waals surface area contributed by atoms with Gasteiger partial charge < -0.3 is 11.1 Å². The van der Waals surface area contributed by atoms with Crippen molar-refractivity contribution in [1.82, 2.24) is 4.98 Å². The summed E-state index contributed by atoms with van der Waals surface area (Å²) in [6.45, 7) is 6.32. The number of rotatable bonds is 5. The molecule has 0 saturated heterocycles. The molecule has 0 spiro atoms. The first-order valence-electron chi connectivity index (χ1n) is 7.55. The molecule has 3 heteroatoms. The Labute approximate surface area is 126 Å². The van der Waals surface area contributed by atoms with Crippen molar-refractivity contribution in [3.8, 4) is 0 Å². The second-order valence-corrected chi connectivity index (χ2v) is 6.47. The molecule has 1 aromatic heterocycles. The van der Waals surface area contributed by atoms with Crippen LogP contribution >= 0.6 is 0 Å². The molecule has 3 N–H and O–H groups in total. The van der Waals surface area contributed by atoms with Crippen LogP contribution in [0, 0.1) is 11.3 Å². The van der Waals surface area contributed by atoms with E-state index in [0.717, 1.165) is 12.2 Å². The maximum absolute atomic E-state index is 5.67. The Morgan fingerprint density at radius 1 is 1.10 bits per heavy atom. The smallest absolute Gasteiger partial charge is 0.0371 e. The molecule has 3 rings (SSSR count). The number of nitrogens with two attached hydrogens (primary N) is 1. The number of aromatic nitrogens is 1. The average molecular weight is 281 g/mol. The van der Waals surface area contributed by atoms with E-state index in [4.69, 9.17) is 5.73 Å². The molecule has 0 aliphatic heterocycles. The molecule has 3 nitrogen and oxygen atoms in total. The fourth-order valence-corrected chi connectivity index (χ4v) is 3.35. The minimum absolute atomic E-state index is 0.351. The Kier molecular flexibility index (Phi) is 3.68. The van der Waals surface area contributed by atoms with Crippen LogP contribution in [0.1, 0.15) is 30.9 Å². The molecule has 0 radical (unpaired) electrons. The van der Waals surface area contributed by atoms with Gasteiger partial charge in [0.25, 0.3) is 0 Å². The lowest BCUT2D eigenvalue weighted by molar-refractivity contribution is 0.565. The highest BCUT2D eigenvalue weighted by Crippen LogP contribution is 2.64. The normalized spacial score (nSPS) is 22.8. The van der Waals surface area contributed by atoms with Gasteiger partial charge in [0, 0.05) is 31.2 Å². The van der Waals surface area contributed by atoms with Gasteiger partial charge in [0.15, 0.2) is 0 Å². The molecule has 1 saturated carbocycles. The number of nitrogens with one attached hydrogen (secondary N) is 1. The van der Waals surface area contributed by atoms with Gasteiger partial charge in [-0.15, -0.1) is 0 Å². The van der Waals surface area contributed by atoms with Gasteiger partial charge in [-0.1, -0.05) is 38.1 Å². The molecule has 0 bridgehead atoms. The van der Waals surface area contributed by atoms with Gasteiger partial charge in [0.1, 0.15) is 0 Å². The molecule has 2 aromatic rings. The van der Waals surface area contributed by atoms with Crippen molar-refractivity contribution in [3.63, 3.8) is 0 Å². The van der Waals surface area contributed by atoms with E-state index in [-0.39, 0.29) is 0 Å². The lowest BCUT2D eigenvalue weighted by Crippen LogP contribution is -2.07. The molecule has 1 aliphatic rings. The van der Waals surface area contributed by atoms with Crippen molar-refractivity contribution in [2.75, 3.05) is 11.9 Å². The van der Waals surface area contributed by atoms with Crippen molar-refractivity contribution >= 4 is 5.69 Å². The van der Waals surface area contributed by atoms with E-state index in [1.54, 1.807) is 0 Å².